The Labute approximate surface area is 188 Å². The summed E-state index contributed by atoms with van der Waals surface area (Å²) in [5.41, 5.74) is 0. The molecule has 0 bridgehead atoms. The predicted octanol–water partition coefficient (Wildman–Crippen LogP) is 9.78. The van der Waals surface area contributed by atoms with E-state index in [9.17, 15) is 0 Å². The molecule has 0 heterocycles. The fourth-order valence-corrected chi connectivity index (χ4v) is 7.71. The molecule has 0 aromatic rings. The SMILES string of the molecule is CCCC1CCC(CCC2CCC(CC(Cl)C3CCC(CCC)CC3)CC2)CC1. The van der Waals surface area contributed by atoms with Gasteiger partial charge in [0.25, 0.3) is 0 Å². The van der Waals surface area contributed by atoms with Crippen LogP contribution >= 0.6 is 11.6 Å². The highest BCUT2D eigenvalue weighted by Crippen LogP contribution is 2.41. The largest absolute Gasteiger partial charge is 0.123 e. The van der Waals surface area contributed by atoms with Gasteiger partial charge in [-0.3, -0.25) is 0 Å². The van der Waals surface area contributed by atoms with Gasteiger partial charge >= 0.3 is 0 Å². The van der Waals surface area contributed by atoms with Crippen molar-refractivity contribution in [2.24, 2.45) is 35.5 Å². The fourth-order valence-electron chi connectivity index (χ4n) is 7.20. The minimum Gasteiger partial charge on any atom is -0.123 e. The Hall–Kier alpha value is 0.290. The fraction of sp³-hybridized carbons (Fsp3) is 1.00. The molecule has 0 spiro atoms. The van der Waals surface area contributed by atoms with E-state index in [1.165, 1.54) is 122 Å². The Morgan fingerprint density at radius 1 is 0.517 bits per heavy atom. The molecule has 0 nitrogen and oxygen atoms in total. The van der Waals surface area contributed by atoms with Crippen LogP contribution in [0, 0.1) is 35.5 Å². The molecule has 29 heavy (non-hydrogen) atoms. The first kappa shape index (κ1) is 23.9. The van der Waals surface area contributed by atoms with Gasteiger partial charge in [-0.1, -0.05) is 117 Å². The summed E-state index contributed by atoms with van der Waals surface area (Å²) in [6.45, 7) is 4.69. The molecule has 3 aliphatic rings. The van der Waals surface area contributed by atoms with Gasteiger partial charge in [0.05, 0.1) is 0 Å². The molecule has 0 radical (unpaired) electrons. The van der Waals surface area contributed by atoms with Crippen LogP contribution < -0.4 is 0 Å². The molecule has 0 N–H and O–H groups in total. The number of rotatable bonds is 10. The van der Waals surface area contributed by atoms with Crippen LogP contribution in [-0.4, -0.2) is 5.38 Å². The second-order valence-corrected chi connectivity index (χ2v) is 12.0. The topological polar surface area (TPSA) is 0 Å². The highest BCUT2D eigenvalue weighted by molar-refractivity contribution is 6.20. The van der Waals surface area contributed by atoms with Gasteiger partial charge in [-0.05, 0) is 54.8 Å². The zero-order valence-electron chi connectivity index (χ0n) is 19.9. The van der Waals surface area contributed by atoms with Crippen LogP contribution in [0.1, 0.15) is 136 Å². The Morgan fingerprint density at radius 2 is 0.862 bits per heavy atom. The molecule has 170 valence electrons. The van der Waals surface area contributed by atoms with Crippen molar-refractivity contribution in [3.8, 4) is 0 Å². The second-order valence-electron chi connectivity index (χ2n) is 11.5. The van der Waals surface area contributed by atoms with E-state index in [1.807, 2.05) is 0 Å². The number of alkyl halides is 1. The van der Waals surface area contributed by atoms with E-state index in [-0.39, 0.29) is 0 Å². The molecule has 3 aliphatic carbocycles. The van der Waals surface area contributed by atoms with Crippen LogP contribution in [-0.2, 0) is 0 Å². The van der Waals surface area contributed by atoms with Crippen molar-refractivity contribution in [2.75, 3.05) is 0 Å². The highest BCUT2D eigenvalue weighted by atomic mass is 35.5. The van der Waals surface area contributed by atoms with Crippen molar-refractivity contribution < 1.29 is 0 Å². The first-order valence-electron chi connectivity index (χ1n) is 13.8. The highest BCUT2D eigenvalue weighted by Gasteiger charge is 2.30. The lowest BCUT2D eigenvalue weighted by atomic mass is 9.73. The summed E-state index contributed by atoms with van der Waals surface area (Å²) < 4.78 is 0. The lowest BCUT2D eigenvalue weighted by molar-refractivity contribution is 0.196. The van der Waals surface area contributed by atoms with Crippen molar-refractivity contribution in [1.29, 1.82) is 0 Å². The first-order chi connectivity index (χ1) is 14.2. The van der Waals surface area contributed by atoms with Crippen LogP contribution in [0.15, 0.2) is 0 Å². The molecule has 3 fully saturated rings. The minimum absolute atomic E-state index is 0.470. The summed E-state index contributed by atoms with van der Waals surface area (Å²) in [6.07, 6.45) is 27.9. The smallest absolute Gasteiger partial charge is 0.0366 e. The molecular formula is C28H51Cl. The van der Waals surface area contributed by atoms with E-state index in [0.29, 0.717) is 5.38 Å². The van der Waals surface area contributed by atoms with Crippen LogP contribution in [0.4, 0.5) is 0 Å². The minimum atomic E-state index is 0.470. The Kier molecular flexibility index (Phi) is 10.7. The van der Waals surface area contributed by atoms with Crippen LogP contribution in [0.2, 0.25) is 0 Å². The third-order valence-electron chi connectivity index (χ3n) is 9.27. The van der Waals surface area contributed by atoms with E-state index >= 15 is 0 Å². The Balaban J connectivity index is 1.26. The standard InChI is InChI=1S/C28H51Cl/c1-3-5-22-7-9-24(10-8-22)11-12-25-13-15-26(16-14-25)21-28(29)27-19-17-23(6-4-2)18-20-27/h22-28H,3-21H2,1-2H3. The zero-order chi connectivity index (χ0) is 20.5. The molecule has 1 atom stereocenters. The van der Waals surface area contributed by atoms with Crippen LogP contribution in [0.5, 0.6) is 0 Å². The van der Waals surface area contributed by atoms with Crippen molar-refractivity contribution >= 4 is 11.6 Å². The van der Waals surface area contributed by atoms with Gasteiger partial charge in [0.1, 0.15) is 0 Å². The Bertz CT molecular complexity index is 408. The number of hydrogen-bond donors (Lipinski definition) is 0. The normalized spacial score (nSPS) is 37.3. The van der Waals surface area contributed by atoms with Gasteiger partial charge in [-0.15, -0.1) is 11.6 Å². The van der Waals surface area contributed by atoms with E-state index in [1.54, 1.807) is 0 Å². The molecule has 0 aliphatic heterocycles. The molecule has 1 unspecified atom stereocenters. The van der Waals surface area contributed by atoms with Gasteiger partial charge in [-0.2, -0.15) is 0 Å². The molecule has 0 aromatic carbocycles. The Morgan fingerprint density at radius 3 is 1.28 bits per heavy atom. The van der Waals surface area contributed by atoms with Gasteiger partial charge in [-0.25, -0.2) is 0 Å². The molecule has 3 saturated carbocycles. The lowest BCUT2D eigenvalue weighted by Gasteiger charge is -2.35. The predicted molar refractivity (Wildman–Crippen MR) is 130 cm³/mol. The summed E-state index contributed by atoms with van der Waals surface area (Å²) in [7, 11) is 0. The second kappa shape index (κ2) is 13.0. The van der Waals surface area contributed by atoms with Crippen molar-refractivity contribution in [3.63, 3.8) is 0 Å². The van der Waals surface area contributed by atoms with Gasteiger partial charge < -0.3 is 0 Å². The third-order valence-corrected chi connectivity index (χ3v) is 9.81. The van der Waals surface area contributed by atoms with Gasteiger partial charge in [0.15, 0.2) is 0 Å². The molecule has 0 amide bonds. The first-order valence-corrected chi connectivity index (χ1v) is 14.3. The average molecular weight is 423 g/mol. The quantitative estimate of drug-likeness (QED) is 0.307. The maximum Gasteiger partial charge on any atom is 0.0366 e. The lowest BCUT2D eigenvalue weighted by Crippen LogP contribution is -2.26. The third kappa shape index (κ3) is 8.05. The summed E-state index contributed by atoms with van der Waals surface area (Å²) in [4.78, 5) is 0. The summed E-state index contributed by atoms with van der Waals surface area (Å²) in [5, 5.41) is 0.470. The van der Waals surface area contributed by atoms with Crippen molar-refractivity contribution in [2.45, 2.75) is 141 Å². The maximum absolute atomic E-state index is 6.95. The summed E-state index contributed by atoms with van der Waals surface area (Å²) in [5.74, 6) is 5.94. The van der Waals surface area contributed by atoms with Crippen molar-refractivity contribution in [1.82, 2.24) is 0 Å². The monoisotopic (exact) mass is 422 g/mol. The number of halogens is 1. The zero-order valence-corrected chi connectivity index (χ0v) is 20.6. The van der Waals surface area contributed by atoms with E-state index in [2.05, 4.69) is 13.8 Å². The molecule has 1 heteroatoms. The molecule has 0 saturated heterocycles. The van der Waals surface area contributed by atoms with Gasteiger partial charge in [0, 0.05) is 5.38 Å². The maximum atomic E-state index is 6.95. The van der Waals surface area contributed by atoms with Crippen molar-refractivity contribution in [3.05, 3.63) is 0 Å². The molecule has 0 aromatic heterocycles. The van der Waals surface area contributed by atoms with E-state index in [0.717, 1.165) is 35.5 Å². The number of hydrogen-bond acceptors (Lipinski definition) is 0. The van der Waals surface area contributed by atoms with Crippen LogP contribution in [0.3, 0.4) is 0 Å². The van der Waals surface area contributed by atoms with Gasteiger partial charge in [0.2, 0.25) is 0 Å². The van der Waals surface area contributed by atoms with E-state index in [4.69, 9.17) is 11.6 Å². The molecular weight excluding hydrogens is 372 g/mol. The molecule has 3 rings (SSSR count). The van der Waals surface area contributed by atoms with Crippen LogP contribution in [0.25, 0.3) is 0 Å². The summed E-state index contributed by atoms with van der Waals surface area (Å²) in [6, 6.07) is 0. The summed E-state index contributed by atoms with van der Waals surface area (Å²) >= 11 is 6.95. The average Bonchev–Trinajstić information content (AvgIpc) is 2.75. The van der Waals surface area contributed by atoms with E-state index < -0.39 is 0 Å².